The molecule has 1 aromatic carbocycles. The monoisotopic (exact) mass is 321 g/mol. The molecule has 0 saturated carbocycles. The Hall–Kier alpha value is -1.96. The number of fused-ring (bicyclic) bond motifs is 1. The lowest BCUT2D eigenvalue weighted by Gasteiger charge is -2.42. The van der Waals surface area contributed by atoms with Gasteiger partial charge in [0.2, 0.25) is 0 Å². The number of rotatable bonds is 2. The molecule has 2 nitrogen and oxygen atoms in total. The predicted octanol–water partition coefficient (Wildman–Crippen LogP) is 5.28. The first-order valence-electron chi connectivity index (χ1n) is 8.75. The van der Waals surface area contributed by atoms with E-state index < -0.39 is 0 Å². The van der Waals surface area contributed by atoms with E-state index in [2.05, 4.69) is 44.8 Å². The van der Waals surface area contributed by atoms with Crippen molar-refractivity contribution in [2.75, 3.05) is 0 Å². The van der Waals surface area contributed by atoms with E-state index in [1.165, 1.54) is 17.5 Å². The summed E-state index contributed by atoms with van der Waals surface area (Å²) < 4.78 is 0. The first kappa shape index (κ1) is 16.9. The standard InChI is InChI=1S/C22H27NO/c1-14-11-18-19(22(5,6)10-9-21(18,3)4)12-17(14)20(24)16-8-7-15(2)23-13-16/h7-8,11-13H,9-10H2,1-6H3. The second-order valence-electron chi connectivity index (χ2n) is 8.50. The highest BCUT2D eigenvalue weighted by Crippen LogP contribution is 2.46. The van der Waals surface area contributed by atoms with Crippen molar-refractivity contribution < 1.29 is 4.79 Å². The van der Waals surface area contributed by atoms with Crippen molar-refractivity contribution in [3.8, 4) is 0 Å². The molecule has 1 aromatic heterocycles. The molecule has 2 heteroatoms. The normalized spacial score (nSPS) is 18.1. The molecule has 0 fully saturated rings. The topological polar surface area (TPSA) is 30.0 Å². The molecule has 2 aromatic rings. The zero-order valence-corrected chi connectivity index (χ0v) is 15.7. The molecule has 126 valence electrons. The number of benzene rings is 1. The van der Waals surface area contributed by atoms with E-state index in [9.17, 15) is 4.79 Å². The Labute approximate surface area is 145 Å². The van der Waals surface area contributed by atoms with Crippen LogP contribution in [-0.4, -0.2) is 10.8 Å². The summed E-state index contributed by atoms with van der Waals surface area (Å²) in [5.74, 6) is 0.0713. The van der Waals surface area contributed by atoms with Crippen LogP contribution in [0.2, 0.25) is 0 Å². The van der Waals surface area contributed by atoms with Gasteiger partial charge in [0.25, 0.3) is 0 Å². The third-order valence-electron chi connectivity index (χ3n) is 5.62. The van der Waals surface area contributed by atoms with Gasteiger partial charge in [-0.05, 0) is 72.4 Å². The van der Waals surface area contributed by atoms with Crippen LogP contribution < -0.4 is 0 Å². The molecule has 1 aliphatic rings. The van der Waals surface area contributed by atoms with Crippen molar-refractivity contribution in [1.82, 2.24) is 4.98 Å². The molecule has 1 aliphatic carbocycles. The van der Waals surface area contributed by atoms with E-state index in [-0.39, 0.29) is 16.6 Å². The van der Waals surface area contributed by atoms with Crippen LogP contribution in [0.3, 0.4) is 0 Å². The van der Waals surface area contributed by atoms with Gasteiger partial charge in [0.05, 0.1) is 0 Å². The zero-order valence-electron chi connectivity index (χ0n) is 15.7. The van der Waals surface area contributed by atoms with E-state index in [4.69, 9.17) is 0 Å². The zero-order chi connectivity index (χ0) is 17.7. The Bertz CT molecular complexity index is 797. The van der Waals surface area contributed by atoms with Gasteiger partial charge >= 0.3 is 0 Å². The molecule has 0 amide bonds. The molecule has 0 atom stereocenters. The molecule has 0 spiro atoms. The number of aryl methyl sites for hydroxylation is 2. The van der Waals surface area contributed by atoms with Gasteiger partial charge in [0, 0.05) is 23.0 Å². The Morgan fingerprint density at radius 2 is 1.54 bits per heavy atom. The molecule has 1 heterocycles. The number of carbonyl (C=O) groups excluding carboxylic acids is 1. The number of aromatic nitrogens is 1. The minimum atomic E-state index is 0.0713. The average molecular weight is 321 g/mol. The number of ketones is 1. The fraction of sp³-hybridized carbons (Fsp3) is 0.455. The molecule has 3 rings (SSSR count). The Kier molecular flexibility index (Phi) is 3.90. The molecule has 0 saturated heterocycles. The van der Waals surface area contributed by atoms with E-state index in [1.807, 2.05) is 26.0 Å². The summed E-state index contributed by atoms with van der Waals surface area (Å²) in [4.78, 5) is 17.3. The fourth-order valence-electron chi connectivity index (χ4n) is 3.72. The number of nitrogens with zero attached hydrogens (tertiary/aromatic N) is 1. The highest BCUT2D eigenvalue weighted by molar-refractivity contribution is 6.10. The van der Waals surface area contributed by atoms with Crippen LogP contribution in [0.1, 0.15) is 78.8 Å². The summed E-state index contributed by atoms with van der Waals surface area (Å²) in [5, 5.41) is 0. The van der Waals surface area contributed by atoms with E-state index in [0.29, 0.717) is 5.56 Å². The van der Waals surface area contributed by atoms with Gasteiger partial charge in [-0.1, -0.05) is 33.8 Å². The molecule has 0 radical (unpaired) electrons. The smallest absolute Gasteiger partial charge is 0.194 e. The summed E-state index contributed by atoms with van der Waals surface area (Å²) >= 11 is 0. The third kappa shape index (κ3) is 2.79. The van der Waals surface area contributed by atoms with Gasteiger partial charge in [-0.25, -0.2) is 0 Å². The average Bonchev–Trinajstić information content (AvgIpc) is 2.52. The van der Waals surface area contributed by atoms with Crippen LogP contribution in [-0.2, 0) is 10.8 Å². The molecule has 24 heavy (non-hydrogen) atoms. The highest BCUT2D eigenvalue weighted by atomic mass is 16.1. The van der Waals surface area contributed by atoms with Gasteiger partial charge in [0.1, 0.15) is 0 Å². The number of hydrogen-bond donors (Lipinski definition) is 0. The van der Waals surface area contributed by atoms with Crippen LogP contribution in [0.5, 0.6) is 0 Å². The second-order valence-corrected chi connectivity index (χ2v) is 8.50. The highest BCUT2D eigenvalue weighted by Gasteiger charge is 2.37. The first-order chi connectivity index (χ1) is 11.1. The maximum absolute atomic E-state index is 13.0. The lowest BCUT2D eigenvalue weighted by Crippen LogP contribution is -2.34. The number of pyridine rings is 1. The van der Waals surface area contributed by atoms with E-state index in [0.717, 1.165) is 23.2 Å². The SMILES string of the molecule is Cc1ccc(C(=O)c2cc3c(cc2C)C(C)(C)CCC3(C)C)cn1. The van der Waals surface area contributed by atoms with Crippen molar-refractivity contribution in [3.05, 3.63) is 64.0 Å². The van der Waals surface area contributed by atoms with E-state index in [1.54, 1.807) is 6.20 Å². The van der Waals surface area contributed by atoms with Crippen molar-refractivity contribution in [2.45, 2.75) is 65.2 Å². The maximum Gasteiger partial charge on any atom is 0.194 e. The van der Waals surface area contributed by atoms with Crippen LogP contribution >= 0.6 is 0 Å². The molecule has 0 aliphatic heterocycles. The summed E-state index contributed by atoms with van der Waals surface area (Å²) in [6, 6.07) is 8.16. The van der Waals surface area contributed by atoms with Crippen LogP contribution in [0.25, 0.3) is 0 Å². The van der Waals surface area contributed by atoms with Crippen LogP contribution in [0.15, 0.2) is 30.5 Å². The van der Waals surface area contributed by atoms with Gasteiger partial charge < -0.3 is 0 Å². The number of carbonyl (C=O) groups is 1. The summed E-state index contributed by atoms with van der Waals surface area (Å²) in [6.07, 6.45) is 4.02. The maximum atomic E-state index is 13.0. The molecule has 0 unspecified atom stereocenters. The van der Waals surface area contributed by atoms with Crippen molar-refractivity contribution in [1.29, 1.82) is 0 Å². The molecular weight excluding hydrogens is 294 g/mol. The molecule has 0 N–H and O–H groups in total. The van der Waals surface area contributed by atoms with Crippen LogP contribution in [0.4, 0.5) is 0 Å². The second kappa shape index (κ2) is 5.54. The molecule has 0 bridgehead atoms. The van der Waals surface area contributed by atoms with Crippen LogP contribution in [0, 0.1) is 13.8 Å². The van der Waals surface area contributed by atoms with Crippen molar-refractivity contribution >= 4 is 5.78 Å². The van der Waals surface area contributed by atoms with Crippen molar-refractivity contribution in [3.63, 3.8) is 0 Å². The van der Waals surface area contributed by atoms with E-state index >= 15 is 0 Å². The Balaban J connectivity index is 2.14. The summed E-state index contributed by atoms with van der Waals surface area (Å²) in [6.45, 7) is 13.2. The predicted molar refractivity (Wildman–Crippen MR) is 98.9 cm³/mol. The lowest BCUT2D eigenvalue weighted by atomic mass is 9.62. The first-order valence-corrected chi connectivity index (χ1v) is 8.75. The van der Waals surface area contributed by atoms with Crippen molar-refractivity contribution in [2.24, 2.45) is 0 Å². The number of hydrogen-bond acceptors (Lipinski definition) is 2. The van der Waals surface area contributed by atoms with Gasteiger partial charge in [-0.15, -0.1) is 0 Å². The third-order valence-corrected chi connectivity index (χ3v) is 5.62. The fourth-order valence-corrected chi connectivity index (χ4v) is 3.72. The van der Waals surface area contributed by atoms with Gasteiger partial charge in [-0.2, -0.15) is 0 Å². The molecular formula is C22H27NO. The minimum absolute atomic E-state index is 0.0713. The van der Waals surface area contributed by atoms with Gasteiger partial charge in [-0.3, -0.25) is 9.78 Å². The largest absolute Gasteiger partial charge is 0.289 e. The Morgan fingerprint density at radius 1 is 0.958 bits per heavy atom. The Morgan fingerprint density at radius 3 is 2.08 bits per heavy atom. The summed E-state index contributed by atoms with van der Waals surface area (Å²) in [7, 11) is 0. The summed E-state index contributed by atoms with van der Waals surface area (Å²) in [5.41, 5.74) is 6.47. The minimum Gasteiger partial charge on any atom is -0.289 e. The lowest BCUT2D eigenvalue weighted by molar-refractivity contribution is 0.103. The van der Waals surface area contributed by atoms with Gasteiger partial charge in [0.15, 0.2) is 5.78 Å². The quantitative estimate of drug-likeness (QED) is 0.704.